The van der Waals surface area contributed by atoms with Crippen molar-refractivity contribution >= 4 is 12.3 Å². The number of carbonyl (C=O) groups is 2. The number of aliphatic hydroxyl groups is 1. The van der Waals surface area contributed by atoms with E-state index in [1.165, 1.54) is 7.11 Å². The molecule has 1 aliphatic heterocycles. The third-order valence-corrected chi connectivity index (χ3v) is 2.54. The summed E-state index contributed by atoms with van der Waals surface area (Å²) in [6.07, 6.45) is -0.812. The molecule has 0 radical (unpaired) electrons. The lowest BCUT2D eigenvalue weighted by Gasteiger charge is -2.10. The Kier molecular flexibility index (Phi) is 2.40. The molecule has 84 valence electrons. The van der Waals surface area contributed by atoms with Gasteiger partial charge in [-0.05, 0) is 18.6 Å². The Balaban J connectivity index is 2.80. The minimum absolute atomic E-state index is 0.136. The third kappa shape index (κ3) is 1.29. The molecule has 0 saturated heterocycles. The Morgan fingerprint density at radius 2 is 2.25 bits per heavy atom. The molecule has 16 heavy (non-hydrogen) atoms. The van der Waals surface area contributed by atoms with Crippen LogP contribution in [-0.2, 0) is 4.74 Å². The number of hydrogen-bond acceptors (Lipinski definition) is 5. The van der Waals surface area contributed by atoms with Gasteiger partial charge in [0.1, 0.15) is 11.3 Å². The average molecular weight is 222 g/mol. The molecule has 0 bridgehead atoms. The van der Waals surface area contributed by atoms with Gasteiger partial charge in [-0.25, -0.2) is 4.79 Å². The molecular weight excluding hydrogens is 212 g/mol. The molecule has 1 N–H and O–H groups in total. The van der Waals surface area contributed by atoms with Gasteiger partial charge < -0.3 is 14.6 Å². The predicted molar refractivity (Wildman–Crippen MR) is 53.5 cm³/mol. The first-order valence-electron chi connectivity index (χ1n) is 4.65. The largest absolute Gasteiger partial charge is 0.496 e. The number of methoxy groups -OCH3 is 1. The standard InChI is InChI=1S/C11H10O5/c1-5-3-6(4-12)7-8(9(5)15-2)11(14)16-10(7)13/h3-4,10,13H,1-2H3. The molecule has 5 nitrogen and oxygen atoms in total. The van der Waals surface area contributed by atoms with Crippen LogP contribution < -0.4 is 4.74 Å². The summed E-state index contributed by atoms with van der Waals surface area (Å²) in [5, 5.41) is 9.52. The summed E-state index contributed by atoms with van der Waals surface area (Å²) in [5.74, 6) is -0.340. The predicted octanol–water partition coefficient (Wildman–Crippen LogP) is 0.977. The Morgan fingerprint density at radius 1 is 1.56 bits per heavy atom. The SMILES string of the molecule is COc1c(C)cc(C=O)c2c1C(=O)OC2O. The molecule has 0 amide bonds. The van der Waals surface area contributed by atoms with Crippen molar-refractivity contribution in [2.45, 2.75) is 13.2 Å². The van der Waals surface area contributed by atoms with Crippen LogP contribution in [0.2, 0.25) is 0 Å². The Hall–Kier alpha value is -1.88. The van der Waals surface area contributed by atoms with Gasteiger partial charge in [0.25, 0.3) is 0 Å². The van der Waals surface area contributed by atoms with Gasteiger partial charge in [0.2, 0.25) is 6.29 Å². The highest BCUT2D eigenvalue weighted by Gasteiger charge is 2.36. The van der Waals surface area contributed by atoms with Crippen molar-refractivity contribution in [3.63, 3.8) is 0 Å². The van der Waals surface area contributed by atoms with Crippen LogP contribution in [0.3, 0.4) is 0 Å². The maximum Gasteiger partial charge on any atom is 0.345 e. The minimum atomic E-state index is -1.39. The maximum absolute atomic E-state index is 11.5. The molecule has 1 unspecified atom stereocenters. The molecule has 5 heteroatoms. The van der Waals surface area contributed by atoms with Gasteiger partial charge in [0.05, 0.1) is 7.11 Å². The lowest BCUT2D eigenvalue weighted by molar-refractivity contribution is -0.0549. The summed E-state index contributed by atoms with van der Waals surface area (Å²) >= 11 is 0. The number of aliphatic hydroxyl groups excluding tert-OH is 1. The van der Waals surface area contributed by atoms with Gasteiger partial charge in [0, 0.05) is 11.1 Å². The molecule has 1 aromatic carbocycles. The fourth-order valence-corrected chi connectivity index (χ4v) is 1.89. The molecule has 1 aliphatic rings. The van der Waals surface area contributed by atoms with E-state index in [0.29, 0.717) is 17.6 Å². The van der Waals surface area contributed by atoms with Gasteiger partial charge in [-0.15, -0.1) is 0 Å². The average Bonchev–Trinajstić information content (AvgIpc) is 2.54. The zero-order valence-corrected chi connectivity index (χ0v) is 8.81. The van der Waals surface area contributed by atoms with Crippen molar-refractivity contribution in [3.05, 3.63) is 28.3 Å². The van der Waals surface area contributed by atoms with E-state index in [2.05, 4.69) is 4.74 Å². The summed E-state index contributed by atoms with van der Waals surface area (Å²) in [4.78, 5) is 22.3. The molecule has 2 rings (SSSR count). The number of carbonyl (C=O) groups excluding carboxylic acids is 2. The lowest BCUT2D eigenvalue weighted by Crippen LogP contribution is -2.03. The second kappa shape index (κ2) is 3.61. The van der Waals surface area contributed by atoms with Gasteiger partial charge >= 0.3 is 5.97 Å². The van der Waals surface area contributed by atoms with Crippen LogP contribution in [0.5, 0.6) is 5.75 Å². The number of aryl methyl sites for hydroxylation is 1. The van der Waals surface area contributed by atoms with Crippen LogP contribution in [0.15, 0.2) is 6.07 Å². The van der Waals surface area contributed by atoms with Crippen LogP contribution in [0, 0.1) is 6.92 Å². The van der Waals surface area contributed by atoms with Crippen LogP contribution in [-0.4, -0.2) is 24.5 Å². The van der Waals surface area contributed by atoms with E-state index in [0.717, 1.165) is 0 Å². The van der Waals surface area contributed by atoms with Crippen LogP contribution in [0.4, 0.5) is 0 Å². The van der Waals surface area contributed by atoms with Gasteiger partial charge in [-0.1, -0.05) is 0 Å². The van der Waals surface area contributed by atoms with Crippen LogP contribution >= 0.6 is 0 Å². The summed E-state index contributed by atoms with van der Waals surface area (Å²) < 4.78 is 9.73. The number of esters is 1. The molecule has 0 aliphatic carbocycles. The van der Waals surface area contributed by atoms with E-state index >= 15 is 0 Å². The zero-order chi connectivity index (χ0) is 11.9. The highest BCUT2D eigenvalue weighted by atomic mass is 16.6. The first kappa shape index (κ1) is 10.6. The number of aldehydes is 1. The van der Waals surface area contributed by atoms with Crippen molar-refractivity contribution in [1.82, 2.24) is 0 Å². The van der Waals surface area contributed by atoms with Gasteiger partial charge in [-0.3, -0.25) is 4.79 Å². The van der Waals surface area contributed by atoms with E-state index in [1.54, 1.807) is 13.0 Å². The van der Waals surface area contributed by atoms with Crippen LogP contribution in [0.1, 0.15) is 38.1 Å². The maximum atomic E-state index is 11.5. The normalized spacial score (nSPS) is 17.9. The van der Waals surface area contributed by atoms with E-state index in [-0.39, 0.29) is 16.7 Å². The number of fused-ring (bicyclic) bond motifs is 1. The third-order valence-electron chi connectivity index (χ3n) is 2.54. The highest BCUT2D eigenvalue weighted by Crippen LogP contribution is 2.39. The second-order valence-corrected chi connectivity index (χ2v) is 3.48. The molecule has 0 fully saturated rings. The number of cyclic esters (lactones) is 1. The summed E-state index contributed by atoms with van der Waals surface area (Å²) in [7, 11) is 1.42. The molecule has 0 aromatic heterocycles. The summed E-state index contributed by atoms with van der Waals surface area (Å²) in [5.41, 5.74) is 1.21. The number of rotatable bonds is 2. The Labute approximate surface area is 91.6 Å². The van der Waals surface area contributed by atoms with E-state index in [1.807, 2.05) is 0 Å². The smallest absolute Gasteiger partial charge is 0.345 e. The lowest BCUT2D eigenvalue weighted by atomic mass is 9.98. The van der Waals surface area contributed by atoms with Crippen molar-refractivity contribution in [1.29, 1.82) is 0 Å². The van der Waals surface area contributed by atoms with Gasteiger partial charge in [0.15, 0.2) is 6.29 Å². The van der Waals surface area contributed by atoms with Crippen molar-refractivity contribution in [2.75, 3.05) is 7.11 Å². The van der Waals surface area contributed by atoms with Crippen molar-refractivity contribution in [3.8, 4) is 5.75 Å². The van der Waals surface area contributed by atoms with Gasteiger partial charge in [-0.2, -0.15) is 0 Å². The molecule has 0 saturated carbocycles. The minimum Gasteiger partial charge on any atom is -0.496 e. The van der Waals surface area contributed by atoms with Crippen molar-refractivity contribution in [2.24, 2.45) is 0 Å². The van der Waals surface area contributed by atoms with E-state index in [4.69, 9.17) is 4.74 Å². The Bertz CT molecular complexity index is 478. The molecule has 1 atom stereocenters. The second-order valence-electron chi connectivity index (χ2n) is 3.48. The highest BCUT2D eigenvalue weighted by molar-refractivity contribution is 6.00. The number of hydrogen-bond donors (Lipinski definition) is 1. The summed E-state index contributed by atoms with van der Waals surface area (Å²) in [6, 6.07) is 1.55. The van der Waals surface area contributed by atoms with Crippen LogP contribution in [0.25, 0.3) is 0 Å². The zero-order valence-electron chi connectivity index (χ0n) is 8.81. The quantitative estimate of drug-likeness (QED) is 0.596. The monoisotopic (exact) mass is 222 g/mol. The first-order chi connectivity index (χ1) is 7.60. The molecule has 1 aromatic rings. The molecular formula is C11H10O5. The fraction of sp³-hybridized carbons (Fsp3) is 0.273. The fourth-order valence-electron chi connectivity index (χ4n) is 1.89. The topological polar surface area (TPSA) is 72.8 Å². The Morgan fingerprint density at radius 3 is 2.81 bits per heavy atom. The van der Waals surface area contributed by atoms with E-state index < -0.39 is 12.3 Å². The number of ether oxygens (including phenoxy) is 2. The first-order valence-corrected chi connectivity index (χ1v) is 4.65. The molecule has 0 spiro atoms. The number of benzene rings is 1. The van der Waals surface area contributed by atoms with Crippen molar-refractivity contribution < 1.29 is 24.2 Å². The summed E-state index contributed by atoms with van der Waals surface area (Å²) in [6.45, 7) is 1.71. The molecule has 1 heterocycles. The van der Waals surface area contributed by atoms with E-state index in [9.17, 15) is 14.7 Å².